The van der Waals surface area contributed by atoms with Gasteiger partial charge in [-0.3, -0.25) is 14.5 Å². The monoisotopic (exact) mass is 278 g/mol. The van der Waals surface area contributed by atoms with E-state index in [1.807, 2.05) is 18.2 Å². The van der Waals surface area contributed by atoms with Crippen molar-refractivity contribution in [3.63, 3.8) is 0 Å². The van der Waals surface area contributed by atoms with E-state index in [0.717, 1.165) is 18.4 Å². The normalized spacial score (nSPS) is 19.8. The summed E-state index contributed by atoms with van der Waals surface area (Å²) in [6.45, 7) is 0. The van der Waals surface area contributed by atoms with E-state index in [1.54, 1.807) is 18.2 Å². The van der Waals surface area contributed by atoms with Crippen LogP contribution in [-0.2, 0) is 6.42 Å². The van der Waals surface area contributed by atoms with E-state index in [9.17, 15) is 9.59 Å². The lowest BCUT2D eigenvalue weighted by Crippen LogP contribution is -2.33. The molecule has 1 unspecified atom stereocenters. The summed E-state index contributed by atoms with van der Waals surface area (Å²) in [4.78, 5) is 26.6. The van der Waals surface area contributed by atoms with Crippen LogP contribution in [0.15, 0.2) is 42.5 Å². The third kappa shape index (κ3) is 1.56. The van der Waals surface area contributed by atoms with Crippen LogP contribution in [-0.4, -0.2) is 16.7 Å². The van der Waals surface area contributed by atoms with Gasteiger partial charge < -0.3 is 5.73 Å². The Kier molecular flexibility index (Phi) is 2.42. The number of rotatable bonds is 1. The van der Waals surface area contributed by atoms with E-state index < -0.39 is 0 Å². The molecule has 4 heteroatoms. The van der Waals surface area contributed by atoms with E-state index >= 15 is 0 Å². The SMILES string of the molecule is Nc1cccc2c1C(=O)N(C1CCc3ccccc31)C2=O. The summed E-state index contributed by atoms with van der Waals surface area (Å²) < 4.78 is 0. The molecule has 0 bridgehead atoms. The van der Waals surface area contributed by atoms with Gasteiger partial charge in [-0.25, -0.2) is 0 Å². The molecule has 2 amide bonds. The van der Waals surface area contributed by atoms with Gasteiger partial charge in [0, 0.05) is 5.69 Å². The molecule has 0 saturated carbocycles. The topological polar surface area (TPSA) is 63.4 Å². The Morgan fingerprint density at radius 1 is 1.00 bits per heavy atom. The lowest BCUT2D eigenvalue weighted by Gasteiger charge is -2.22. The van der Waals surface area contributed by atoms with Crippen LogP contribution in [0.5, 0.6) is 0 Å². The number of nitrogens with two attached hydrogens (primary N) is 1. The Balaban J connectivity index is 1.81. The third-order valence-electron chi connectivity index (χ3n) is 4.39. The molecule has 1 aliphatic carbocycles. The number of nitrogens with zero attached hydrogens (tertiary/aromatic N) is 1. The molecule has 0 radical (unpaired) electrons. The lowest BCUT2D eigenvalue weighted by molar-refractivity contribution is 0.0583. The first-order valence-corrected chi connectivity index (χ1v) is 7.02. The van der Waals surface area contributed by atoms with Crippen molar-refractivity contribution < 1.29 is 9.59 Å². The highest BCUT2D eigenvalue weighted by molar-refractivity contribution is 6.23. The predicted molar refractivity (Wildman–Crippen MR) is 78.9 cm³/mol. The molecular formula is C17H14N2O2. The second-order valence-electron chi connectivity index (χ2n) is 5.50. The van der Waals surface area contributed by atoms with Crippen LogP contribution < -0.4 is 5.73 Å². The van der Waals surface area contributed by atoms with Gasteiger partial charge in [0.15, 0.2) is 0 Å². The maximum Gasteiger partial charge on any atom is 0.264 e. The molecule has 0 spiro atoms. The molecule has 4 rings (SSSR count). The van der Waals surface area contributed by atoms with Crippen molar-refractivity contribution >= 4 is 17.5 Å². The van der Waals surface area contributed by atoms with E-state index in [2.05, 4.69) is 6.07 Å². The van der Waals surface area contributed by atoms with Gasteiger partial charge in [-0.15, -0.1) is 0 Å². The number of aryl methyl sites for hydroxylation is 1. The summed E-state index contributed by atoms with van der Waals surface area (Å²) in [5.74, 6) is -0.501. The molecule has 2 aromatic carbocycles. The molecule has 1 aliphatic heterocycles. The number of fused-ring (bicyclic) bond motifs is 2. The van der Waals surface area contributed by atoms with Crippen LogP contribution in [0, 0.1) is 0 Å². The number of hydrogen-bond acceptors (Lipinski definition) is 3. The number of carbonyl (C=O) groups is 2. The minimum atomic E-state index is -0.269. The van der Waals surface area contributed by atoms with Crippen LogP contribution in [0.2, 0.25) is 0 Å². The van der Waals surface area contributed by atoms with Crippen molar-refractivity contribution in [1.29, 1.82) is 0 Å². The maximum atomic E-state index is 12.6. The van der Waals surface area contributed by atoms with Crippen LogP contribution in [0.3, 0.4) is 0 Å². The van der Waals surface area contributed by atoms with E-state index in [1.165, 1.54) is 10.5 Å². The molecule has 2 N–H and O–H groups in total. The Hall–Kier alpha value is -2.62. The number of anilines is 1. The molecule has 1 heterocycles. The third-order valence-corrected chi connectivity index (χ3v) is 4.39. The Morgan fingerprint density at radius 3 is 2.62 bits per heavy atom. The Bertz CT molecular complexity index is 782. The van der Waals surface area contributed by atoms with Crippen LogP contribution in [0.4, 0.5) is 5.69 Å². The van der Waals surface area contributed by atoms with Crippen LogP contribution in [0.1, 0.15) is 44.3 Å². The number of nitrogen functional groups attached to an aromatic ring is 1. The highest BCUT2D eigenvalue weighted by Crippen LogP contribution is 2.40. The summed E-state index contributed by atoms with van der Waals surface area (Å²) in [7, 11) is 0. The standard InChI is InChI=1S/C17H14N2O2/c18-13-7-3-6-12-15(13)17(21)19(16(12)20)14-9-8-10-4-1-2-5-11(10)14/h1-7,14H,8-9,18H2. The number of amides is 2. The summed E-state index contributed by atoms with van der Waals surface area (Å²) in [6, 6.07) is 12.9. The fourth-order valence-electron chi connectivity index (χ4n) is 3.42. The lowest BCUT2D eigenvalue weighted by atomic mass is 10.1. The number of benzene rings is 2. The number of hydrogen-bond donors (Lipinski definition) is 1. The quantitative estimate of drug-likeness (QED) is 0.644. The maximum absolute atomic E-state index is 12.6. The average molecular weight is 278 g/mol. The zero-order valence-electron chi connectivity index (χ0n) is 11.4. The largest absolute Gasteiger partial charge is 0.398 e. The van der Waals surface area contributed by atoms with Crippen molar-refractivity contribution in [3.8, 4) is 0 Å². The van der Waals surface area contributed by atoms with Crippen LogP contribution >= 0.6 is 0 Å². The summed E-state index contributed by atoms with van der Waals surface area (Å²) in [5.41, 5.74) is 9.32. The fourth-order valence-corrected chi connectivity index (χ4v) is 3.42. The van der Waals surface area contributed by atoms with Gasteiger partial charge in [-0.05, 0) is 36.1 Å². The first kappa shape index (κ1) is 12.1. The number of carbonyl (C=O) groups excluding carboxylic acids is 2. The molecule has 104 valence electrons. The molecule has 2 aromatic rings. The van der Waals surface area contributed by atoms with Gasteiger partial charge in [0.05, 0.1) is 17.2 Å². The van der Waals surface area contributed by atoms with Crippen molar-refractivity contribution in [2.75, 3.05) is 5.73 Å². The van der Waals surface area contributed by atoms with Crippen molar-refractivity contribution in [3.05, 3.63) is 64.7 Å². The van der Waals surface area contributed by atoms with Gasteiger partial charge in [-0.2, -0.15) is 0 Å². The average Bonchev–Trinajstić information content (AvgIpc) is 3.00. The van der Waals surface area contributed by atoms with Crippen molar-refractivity contribution in [2.24, 2.45) is 0 Å². The zero-order chi connectivity index (χ0) is 14.6. The van der Waals surface area contributed by atoms with E-state index in [0.29, 0.717) is 16.8 Å². The summed E-state index contributed by atoms with van der Waals surface area (Å²) in [6.07, 6.45) is 1.68. The minimum Gasteiger partial charge on any atom is -0.398 e. The molecule has 21 heavy (non-hydrogen) atoms. The second-order valence-corrected chi connectivity index (χ2v) is 5.50. The Morgan fingerprint density at radius 2 is 1.81 bits per heavy atom. The summed E-state index contributed by atoms with van der Waals surface area (Å²) in [5, 5.41) is 0. The Labute approximate surface area is 122 Å². The molecule has 0 saturated heterocycles. The van der Waals surface area contributed by atoms with Crippen LogP contribution in [0.25, 0.3) is 0 Å². The van der Waals surface area contributed by atoms with E-state index in [-0.39, 0.29) is 17.9 Å². The van der Waals surface area contributed by atoms with Gasteiger partial charge in [-0.1, -0.05) is 30.3 Å². The highest BCUT2D eigenvalue weighted by atomic mass is 16.2. The van der Waals surface area contributed by atoms with Gasteiger partial charge in [0.25, 0.3) is 11.8 Å². The molecule has 4 nitrogen and oxygen atoms in total. The molecular weight excluding hydrogens is 264 g/mol. The molecule has 0 aromatic heterocycles. The summed E-state index contributed by atoms with van der Waals surface area (Å²) >= 11 is 0. The van der Waals surface area contributed by atoms with Gasteiger partial charge in [0.1, 0.15) is 0 Å². The second kappa shape index (κ2) is 4.19. The van der Waals surface area contributed by atoms with Crippen molar-refractivity contribution in [2.45, 2.75) is 18.9 Å². The molecule has 1 atom stereocenters. The number of imide groups is 1. The van der Waals surface area contributed by atoms with Gasteiger partial charge in [0.2, 0.25) is 0 Å². The van der Waals surface area contributed by atoms with E-state index in [4.69, 9.17) is 5.73 Å². The minimum absolute atomic E-state index is 0.173. The van der Waals surface area contributed by atoms with Crippen molar-refractivity contribution in [1.82, 2.24) is 4.90 Å². The zero-order valence-corrected chi connectivity index (χ0v) is 11.4. The van der Waals surface area contributed by atoms with Gasteiger partial charge >= 0.3 is 0 Å². The fraction of sp³-hybridized carbons (Fsp3) is 0.176. The first-order valence-electron chi connectivity index (χ1n) is 7.02. The highest BCUT2D eigenvalue weighted by Gasteiger charge is 2.43. The molecule has 2 aliphatic rings. The first-order chi connectivity index (χ1) is 10.2. The predicted octanol–water partition coefficient (Wildman–Crippen LogP) is 2.55. The molecule has 0 fully saturated rings. The smallest absolute Gasteiger partial charge is 0.264 e.